The van der Waals surface area contributed by atoms with Gasteiger partial charge in [0.1, 0.15) is 6.04 Å². The molecule has 0 spiro atoms. The van der Waals surface area contributed by atoms with Gasteiger partial charge >= 0.3 is 6.18 Å². The number of H-pyrrole nitrogens is 1. The lowest BCUT2D eigenvalue weighted by molar-refractivity contribution is -0.147. The zero-order chi connectivity index (χ0) is 11.8. The number of aromatic amines is 1. The molecule has 86 valence electrons. The van der Waals surface area contributed by atoms with Gasteiger partial charge in [0.15, 0.2) is 0 Å². The van der Waals surface area contributed by atoms with Crippen LogP contribution in [0.4, 0.5) is 13.2 Å². The van der Waals surface area contributed by atoms with Crippen LogP contribution in [0, 0.1) is 0 Å². The van der Waals surface area contributed by atoms with E-state index in [0.29, 0.717) is 5.69 Å². The van der Waals surface area contributed by atoms with Crippen LogP contribution in [-0.4, -0.2) is 17.2 Å². The van der Waals surface area contributed by atoms with Crippen LogP contribution in [0.1, 0.15) is 5.69 Å². The van der Waals surface area contributed by atoms with Crippen LogP contribution >= 0.6 is 0 Å². The third-order valence-corrected chi connectivity index (χ3v) is 2.45. The number of hydrogen-bond donors (Lipinski definition) is 2. The zero-order valence-electron chi connectivity index (χ0n) is 8.38. The molecule has 16 heavy (non-hydrogen) atoms. The van der Waals surface area contributed by atoms with Crippen molar-refractivity contribution in [2.45, 2.75) is 18.6 Å². The Morgan fingerprint density at radius 3 is 2.56 bits per heavy atom. The van der Waals surface area contributed by atoms with Gasteiger partial charge in [0.05, 0.1) is 0 Å². The van der Waals surface area contributed by atoms with Crippen molar-refractivity contribution in [1.82, 2.24) is 4.98 Å². The van der Waals surface area contributed by atoms with E-state index in [1.165, 1.54) is 0 Å². The molecule has 5 heteroatoms. The molecule has 1 aromatic carbocycles. The highest BCUT2D eigenvalue weighted by Gasteiger charge is 2.36. The summed E-state index contributed by atoms with van der Waals surface area (Å²) in [6.07, 6.45) is -4.57. The van der Waals surface area contributed by atoms with Crippen LogP contribution in [0.3, 0.4) is 0 Å². The van der Waals surface area contributed by atoms with E-state index < -0.39 is 12.2 Å². The van der Waals surface area contributed by atoms with Crippen LogP contribution in [-0.2, 0) is 6.42 Å². The number of aromatic nitrogens is 1. The molecule has 0 aliphatic heterocycles. The largest absolute Gasteiger partial charge is 0.404 e. The maximum absolute atomic E-state index is 12.3. The molecule has 2 aromatic rings. The molecule has 0 aliphatic rings. The van der Waals surface area contributed by atoms with Gasteiger partial charge in [-0.25, -0.2) is 0 Å². The summed E-state index contributed by atoms with van der Waals surface area (Å²) in [4.78, 5) is 2.92. The number of hydrogen-bond acceptors (Lipinski definition) is 1. The molecule has 1 aromatic heterocycles. The minimum Gasteiger partial charge on any atom is -0.358 e. The lowest BCUT2D eigenvalue weighted by Gasteiger charge is -2.14. The van der Waals surface area contributed by atoms with Crippen molar-refractivity contribution < 1.29 is 13.2 Å². The van der Waals surface area contributed by atoms with Crippen LogP contribution in [0.2, 0.25) is 0 Å². The van der Waals surface area contributed by atoms with Crippen LogP contribution < -0.4 is 5.73 Å². The average molecular weight is 228 g/mol. The molecule has 0 saturated carbocycles. The van der Waals surface area contributed by atoms with Gasteiger partial charge < -0.3 is 10.7 Å². The molecule has 3 N–H and O–H groups in total. The highest BCUT2D eigenvalue weighted by Crippen LogP contribution is 2.22. The maximum atomic E-state index is 12.3. The number of para-hydroxylation sites is 1. The number of benzene rings is 1. The summed E-state index contributed by atoms with van der Waals surface area (Å²) in [6, 6.07) is 7.20. The average Bonchev–Trinajstić information content (AvgIpc) is 2.58. The minimum atomic E-state index is -4.35. The lowest BCUT2D eigenvalue weighted by Crippen LogP contribution is -2.39. The van der Waals surface area contributed by atoms with Crippen LogP contribution in [0.5, 0.6) is 0 Å². The Bertz CT molecular complexity index is 454. The number of nitrogens with one attached hydrogen (secondary N) is 1. The van der Waals surface area contributed by atoms with Gasteiger partial charge in [0.2, 0.25) is 0 Å². The first-order valence-electron chi connectivity index (χ1n) is 4.86. The topological polar surface area (TPSA) is 41.8 Å². The molecule has 0 bridgehead atoms. The molecule has 2 nitrogen and oxygen atoms in total. The molecular formula is C11H11F3N2. The van der Waals surface area contributed by atoms with E-state index in [2.05, 4.69) is 4.98 Å². The third kappa shape index (κ3) is 2.19. The smallest absolute Gasteiger partial charge is 0.358 e. The number of fused-ring (bicyclic) bond motifs is 1. The highest BCUT2D eigenvalue weighted by atomic mass is 19.4. The Morgan fingerprint density at radius 2 is 1.94 bits per heavy atom. The van der Waals surface area contributed by atoms with E-state index in [1.807, 2.05) is 24.3 Å². The summed E-state index contributed by atoms with van der Waals surface area (Å²) in [5, 5.41) is 0.895. The van der Waals surface area contributed by atoms with E-state index in [9.17, 15) is 13.2 Å². The molecule has 0 radical (unpaired) electrons. The van der Waals surface area contributed by atoms with Crippen LogP contribution in [0.25, 0.3) is 10.9 Å². The van der Waals surface area contributed by atoms with E-state index in [4.69, 9.17) is 5.73 Å². The first kappa shape index (κ1) is 11.0. The maximum Gasteiger partial charge on any atom is 0.404 e. The van der Waals surface area contributed by atoms with E-state index in [1.54, 1.807) is 6.07 Å². The fourth-order valence-electron chi connectivity index (χ4n) is 1.60. The van der Waals surface area contributed by atoms with Crippen molar-refractivity contribution in [3.05, 3.63) is 36.0 Å². The van der Waals surface area contributed by atoms with Gasteiger partial charge in [-0.15, -0.1) is 0 Å². The fraction of sp³-hybridized carbons (Fsp3) is 0.273. The van der Waals surface area contributed by atoms with E-state index in [-0.39, 0.29) is 6.42 Å². The SMILES string of the molecule is NC(Cc1cc2ccccc2[nH]1)C(F)(F)F. The summed E-state index contributed by atoms with van der Waals surface area (Å²) in [5.41, 5.74) is 6.39. The van der Waals surface area contributed by atoms with Crippen molar-refractivity contribution >= 4 is 10.9 Å². The van der Waals surface area contributed by atoms with Gasteiger partial charge in [-0.1, -0.05) is 18.2 Å². The van der Waals surface area contributed by atoms with Crippen molar-refractivity contribution in [1.29, 1.82) is 0 Å². The summed E-state index contributed by atoms with van der Waals surface area (Å²) >= 11 is 0. The Balaban J connectivity index is 2.22. The number of nitrogens with two attached hydrogens (primary N) is 1. The predicted molar refractivity (Wildman–Crippen MR) is 56.0 cm³/mol. The van der Waals surface area contributed by atoms with Gasteiger partial charge in [-0.05, 0) is 17.5 Å². The Morgan fingerprint density at radius 1 is 1.25 bits per heavy atom. The molecule has 0 aliphatic carbocycles. The number of halogens is 3. The van der Waals surface area contributed by atoms with Crippen molar-refractivity contribution in [3.63, 3.8) is 0 Å². The molecule has 1 heterocycles. The molecule has 2 rings (SSSR count). The summed E-state index contributed by atoms with van der Waals surface area (Å²) < 4.78 is 36.8. The Hall–Kier alpha value is -1.49. The van der Waals surface area contributed by atoms with Crippen LogP contribution in [0.15, 0.2) is 30.3 Å². The minimum absolute atomic E-state index is 0.224. The van der Waals surface area contributed by atoms with E-state index in [0.717, 1.165) is 10.9 Å². The van der Waals surface area contributed by atoms with Gasteiger partial charge in [-0.2, -0.15) is 13.2 Å². The standard InChI is InChI=1S/C11H11F3N2/c12-11(13,14)10(15)6-8-5-7-3-1-2-4-9(7)16-8/h1-5,10,16H,6,15H2. The summed E-state index contributed by atoms with van der Waals surface area (Å²) in [7, 11) is 0. The number of rotatable bonds is 2. The Kier molecular flexibility index (Phi) is 2.63. The predicted octanol–water partition coefficient (Wildman–Crippen LogP) is 2.60. The van der Waals surface area contributed by atoms with Gasteiger partial charge in [0.25, 0.3) is 0 Å². The fourth-order valence-corrected chi connectivity index (χ4v) is 1.60. The first-order chi connectivity index (χ1) is 7.47. The second kappa shape index (κ2) is 3.83. The zero-order valence-corrected chi connectivity index (χ0v) is 8.38. The highest BCUT2D eigenvalue weighted by molar-refractivity contribution is 5.80. The quantitative estimate of drug-likeness (QED) is 0.815. The van der Waals surface area contributed by atoms with Gasteiger partial charge in [0, 0.05) is 17.6 Å². The first-order valence-corrected chi connectivity index (χ1v) is 4.86. The van der Waals surface area contributed by atoms with Crippen molar-refractivity contribution in [2.24, 2.45) is 5.73 Å². The third-order valence-electron chi connectivity index (χ3n) is 2.45. The van der Waals surface area contributed by atoms with E-state index >= 15 is 0 Å². The molecule has 0 saturated heterocycles. The molecule has 1 atom stereocenters. The van der Waals surface area contributed by atoms with Crippen molar-refractivity contribution in [3.8, 4) is 0 Å². The summed E-state index contributed by atoms with van der Waals surface area (Å²) in [5.74, 6) is 0. The second-order valence-electron chi connectivity index (χ2n) is 3.73. The normalized spacial score (nSPS) is 14.2. The lowest BCUT2D eigenvalue weighted by atomic mass is 10.1. The molecule has 1 unspecified atom stereocenters. The monoisotopic (exact) mass is 228 g/mol. The molecule has 0 amide bonds. The van der Waals surface area contributed by atoms with Gasteiger partial charge in [-0.3, -0.25) is 0 Å². The molecule has 0 fully saturated rings. The molecular weight excluding hydrogens is 217 g/mol. The second-order valence-corrected chi connectivity index (χ2v) is 3.73. The number of alkyl halides is 3. The summed E-state index contributed by atoms with van der Waals surface area (Å²) in [6.45, 7) is 0. The Labute approximate surface area is 90.3 Å². The van der Waals surface area contributed by atoms with Crippen molar-refractivity contribution in [2.75, 3.05) is 0 Å².